The Morgan fingerprint density at radius 3 is 2.69 bits per heavy atom. The SMILES string of the molecule is O=[N+]([O-])c1ccc(-c2ccc(/C=N\n3c(-c4cccc(F)c4)n[nH]c3=S)o2)cc1. The minimum atomic E-state index is -0.464. The lowest BCUT2D eigenvalue weighted by Crippen LogP contribution is -1.95. The van der Waals surface area contributed by atoms with Crippen LogP contribution in [0.25, 0.3) is 22.7 Å². The van der Waals surface area contributed by atoms with E-state index in [2.05, 4.69) is 15.3 Å². The Kier molecular flexibility index (Phi) is 4.83. The highest BCUT2D eigenvalue weighted by Crippen LogP contribution is 2.24. The van der Waals surface area contributed by atoms with Gasteiger partial charge < -0.3 is 4.42 Å². The summed E-state index contributed by atoms with van der Waals surface area (Å²) in [7, 11) is 0. The van der Waals surface area contributed by atoms with Gasteiger partial charge in [0.1, 0.15) is 17.3 Å². The zero-order valence-corrected chi connectivity index (χ0v) is 15.5. The summed E-state index contributed by atoms with van der Waals surface area (Å²) in [5, 5.41) is 21.8. The van der Waals surface area contributed by atoms with Crippen molar-refractivity contribution in [2.45, 2.75) is 0 Å². The number of non-ortho nitro benzene ring substituents is 1. The van der Waals surface area contributed by atoms with Crippen molar-refractivity contribution in [2.75, 3.05) is 0 Å². The van der Waals surface area contributed by atoms with Crippen LogP contribution in [-0.4, -0.2) is 26.0 Å². The van der Waals surface area contributed by atoms with E-state index in [1.165, 1.54) is 35.2 Å². The highest BCUT2D eigenvalue weighted by Gasteiger charge is 2.10. The number of nitro benzene ring substituents is 1. The van der Waals surface area contributed by atoms with Crippen molar-refractivity contribution in [2.24, 2.45) is 5.10 Å². The van der Waals surface area contributed by atoms with E-state index in [-0.39, 0.29) is 10.5 Å². The van der Waals surface area contributed by atoms with Crippen LogP contribution in [-0.2, 0) is 0 Å². The van der Waals surface area contributed by atoms with Crippen molar-refractivity contribution in [3.8, 4) is 22.7 Å². The van der Waals surface area contributed by atoms with Crippen LogP contribution < -0.4 is 0 Å². The predicted molar refractivity (Wildman–Crippen MR) is 107 cm³/mol. The maximum absolute atomic E-state index is 13.5. The zero-order chi connectivity index (χ0) is 20.4. The fourth-order valence-electron chi connectivity index (χ4n) is 2.65. The van der Waals surface area contributed by atoms with Crippen LogP contribution in [0, 0.1) is 20.7 Å². The quantitative estimate of drug-likeness (QED) is 0.221. The highest BCUT2D eigenvalue weighted by molar-refractivity contribution is 7.71. The van der Waals surface area contributed by atoms with Crippen molar-refractivity contribution in [3.63, 3.8) is 0 Å². The van der Waals surface area contributed by atoms with Crippen LogP contribution in [0.1, 0.15) is 5.76 Å². The summed E-state index contributed by atoms with van der Waals surface area (Å²) in [6.45, 7) is 0. The normalized spacial score (nSPS) is 11.2. The molecule has 0 saturated heterocycles. The summed E-state index contributed by atoms with van der Waals surface area (Å²) in [4.78, 5) is 10.3. The number of nitro groups is 1. The van der Waals surface area contributed by atoms with Gasteiger partial charge in [-0.2, -0.15) is 14.9 Å². The number of hydrogen-bond acceptors (Lipinski definition) is 6. The topological polar surface area (TPSA) is 102 Å². The first-order chi connectivity index (χ1) is 14.0. The number of hydrogen-bond donors (Lipinski definition) is 1. The Balaban J connectivity index is 1.60. The fourth-order valence-corrected chi connectivity index (χ4v) is 2.83. The molecule has 2 aromatic heterocycles. The van der Waals surface area contributed by atoms with E-state index >= 15 is 0 Å². The first kappa shape index (κ1) is 18.4. The Labute approximate surface area is 168 Å². The molecule has 2 heterocycles. The molecule has 8 nitrogen and oxygen atoms in total. The van der Waals surface area contributed by atoms with Crippen molar-refractivity contribution in [1.82, 2.24) is 14.9 Å². The molecule has 4 rings (SSSR count). The summed E-state index contributed by atoms with van der Waals surface area (Å²) in [5.41, 5.74) is 1.21. The summed E-state index contributed by atoms with van der Waals surface area (Å²) < 4.78 is 20.8. The van der Waals surface area contributed by atoms with Gasteiger partial charge in [-0.1, -0.05) is 12.1 Å². The van der Waals surface area contributed by atoms with E-state index in [0.717, 1.165) is 0 Å². The molecule has 29 heavy (non-hydrogen) atoms. The van der Waals surface area contributed by atoms with Crippen LogP contribution in [0.15, 0.2) is 70.2 Å². The van der Waals surface area contributed by atoms with E-state index in [9.17, 15) is 14.5 Å². The summed E-state index contributed by atoms with van der Waals surface area (Å²) in [6.07, 6.45) is 1.45. The predicted octanol–water partition coefficient (Wildman–Crippen LogP) is 4.80. The van der Waals surface area contributed by atoms with Gasteiger partial charge in [0.05, 0.1) is 11.1 Å². The van der Waals surface area contributed by atoms with Crippen LogP contribution in [0.4, 0.5) is 10.1 Å². The lowest BCUT2D eigenvalue weighted by atomic mass is 10.1. The number of H-pyrrole nitrogens is 1. The largest absolute Gasteiger partial charge is 0.455 e. The molecule has 0 radical (unpaired) electrons. The van der Waals surface area contributed by atoms with Gasteiger partial charge in [-0.15, -0.1) is 0 Å². The molecule has 0 fully saturated rings. The number of rotatable bonds is 5. The van der Waals surface area contributed by atoms with E-state index in [4.69, 9.17) is 16.6 Å². The maximum atomic E-state index is 13.5. The molecular formula is C19H12FN5O3S. The van der Waals surface area contributed by atoms with Crippen molar-refractivity contribution >= 4 is 24.1 Å². The number of aromatic nitrogens is 3. The molecule has 0 bridgehead atoms. The Hall–Kier alpha value is -3.92. The minimum absolute atomic E-state index is 0.00121. The second kappa shape index (κ2) is 7.60. The molecular weight excluding hydrogens is 397 g/mol. The third kappa shape index (κ3) is 3.87. The van der Waals surface area contributed by atoms with E-state index in [1.54, 1.807) is 36.4 Å². The van der Waals surface area contributed by atoms with Crippen LogP contribution in [0.2, 0.25) is 0 Å². The second-order valence-electron chi connectivity index (χ2n) is 5.93. The number of aromatic amines is 1. The molecule has 144 valence electrons. The van der Waals surface area contributed by atoms with Crippen LogP contribution in [0.3, 0.4) is 0 Å². The first-order valence-corrected chi connectivity index (χ1v) is 8.74. The molecule has 0 saturated carbocycles. The molecule has 2 aromatic carbocycles. The molecule has 0 aliphatic rings. The maximum Gasteiger partial charge on any atom is 0.269 e. The van der Waals surface area contributed by atoms with Gasteiger partial charge in [0.25, 0.3) is 5.69 Å². The molecule has 0 spiro atoms. The highest BCUT2D eigenvalue weighted by atomic mass is 32.1. The van der Waals surface area contributed by atoms with Crippen LogP contribution >= 0.6 is 12.2 Å². The minimum Gasteiger partial charge on any atom is -0.455 e. The fraction of sp³-hybridized carbons (Fsp3) is 0. The molecule has 4 aromatic rings. The molecule has 0 unspecified atom stereocenters. The lowest BCUT2D eigenvalue weighted by Gasteiger charge is -2.00. The second-order valence-corrected chi connectivity index (χ2v) is 6.31. The summed E-state index contributed by atoms with van der Waals surface area (Å²) >= 11 is 5.19. The third-order valence-corrected chi connectivity index (χ3v) is 4.29. The van der Waals surface area contributed by atoms with E-state index in [1.807, 2.05) is 0 Å². The average Bonchev–Trinajstić information content (AvgIpc) is 3.33. The average molecular weight is 409 g/mol. The molecule has 0 amide bonds. The van der Waals surface area contributed by atoms with Gasteiger partial charge in [0, 0.05) is 23.3 Å². The third-order valence-electron chi connectivity index (χ3n) is 4.02. The Morgan fingerprint density at radius 1 is 1.17 bits per heavy atom. The number of nitrogens with zero attached hydrogens (tertiary/aromatic N) is 4. The van der Waals surface area contributed by atoms with Gasteiger partial charge in [0.2, 0.25) is 4.77 Å². The lowest BCUT2D eigenvalue weighted by molar-refractivity contribution is -0.384. The first-order valence-electron chi connectivity index (χ1n) is 8.33. The van der Waals surface area contributed by atoms with Gasteiger partial charge in [-0.05, 0) is 48.6 Å². The number of furan rings is 1. The van der Waals surface area contributed by atoms with Gasteiger partial charge in [-0.3, -0.25) is 10.1 Å². The number of benzene rings is 2. The van der Waals surface area contributed by atoms with Gasteiger partial charge in [-0.25, -0.2) is 9.49 Å². The van der Waals surface area contributed by atoms with Crippen molar-refractivity contribution in [1.29, 1.82) is 0 Å². The Morgan fingerprint density at radius 2 is 1.97 bits per heavy atom. The number of nitrogens with one attached hydrogen (secondary N) is 1. The molecule has 0 aliphatic carbocycles. The van der Waals surface area contributed by atoms with E-state index < -0.39 is 10.7 Å². The molecule has 10 heteroatoms. The smallest absolute Gasteiger partial charge is 0.269 e. The summed E-state index contributed by atoms with van der Waals surface area (Å²) in [5.74, 6) is 0.924. The van der Waals surface area contributed by atoms with Crippen molar-refractivity contribution < 1.29 is 13.7 Å². The van der Waals surface area contributed by atoms with Crippen LogP contribution in [0.5, 0.6) is 0 Å². The summed E-state index contributed by atoms with van der Waals surface area (Å²) in [6, 6.07) is 15.4. The van der Waals surface area contributed by atoms with Crippen molar-refractivity contribution in [3.05, 3.63) is 87.1 Å². The molecule has 0 atom stereocenters. The monoisotopic (exact) mass is 409 g/mol. The van der Waals surface area contributed by atoms with E-state index in [0.29, 0.717) is 28.5 Å². The van der Waals surface area contributed by atoms with Gasteiger partial charge in [0.15, 0.2) is 5.82 Å². The molecule has 0 aliphatic heterocycles. The Bertz CT molecular complexity index is 1270. The van der Waals surface area contributed by atoms with Gasteiger partial charge >= 0.3 is 0 Å². The number of halogens is 1. The standard InChI is InChI=1S/C19H12FN5O3S/c20-14-3-1-2-13(10-14)18-22-23-19(29)24(18)21-11-16-8-9-17(28-16)12-4-6-15(7-5-12)25(26)27/h1-11H,(H,23,29)/b21-11-. The zero-order valence-electron chi connectivity index (χ0n) is 14.7. The molecule has 1 N–H and O–H groups in total.